The Kier molecular flexibility index (Phi) is 7.33. The van der Waals surface area contributed by atoms with Crippen LogP contribution in [0.3, 0.4) is 0 Å². The van der Waals surface area contributed by atoms with E-state index in [1.165, 1.54) is 25.2 Å². The molecule has 3 aromatic rings. The molecular weight excluding hydrogens is 536 g/mol. The lowest BCUT2D eigenvalue weighted by molar-refractivity contribution is 0.0475. The number of nitrogens with zero attached hydrogens (tertiary/aromatic N) is 5. The maximum absolute atomic E-state index is 15.8. The normalized spacial score (nSPS) is 23.4. The van der Waals surface area contributed by atoms with E-state index in [2.05, 4.69) is 9.97 Å². The third kappa shape index (κ3) is 5.23. The van der Waals surface area contributed by atoms with Crippen molar-refractivity contribution in [1.82, 2.24) is 19.9 Å². The van der Waals surface area contributed by atoms with Gasteiger partial charge in [0.05, 0.1) is 37.3 Å². The van der Waals surface area contributed by atoms with Gasteiger partial charge in [-0.25, -0.2) is 14.2 Å². The standard InChI is InChI=1S/C29H31F2N5O5/c1-39-15-41-24-9-16(17-10-25(30)34-27(11-17)40-2)3-7-20(24)21-13-33-26(14-32-21)35(18-4-5-18)23-12-19-6-8-22(28(23)31)36(19)29(37)38/h3,7,9-11,13-14,18-19,22-23,28H,4-6,8,12,15H2,1-2H3,(H,37,38)/t19-,22+,23-,28+/m0/s1. The fourth-order valence-electron chi connectivity index (χ4n) is 6.16. The number of piperidine rings is 1. The van der Waals surface area contributed by atoms with E-state index in [1.807, 2.05) is 17.0 Å². The summed E-state index contributed by atoms with van der Waals surface area (Å²) >= 11 is 0. The zero-order chi connectivity index (χ0) is 28.7. The van der Waals surface area contributed by atoms with Crippen molar-refractivity contribution in [2.75, 3.05) is 25.9 Å². The van der Waals surface area contributed by atoms with Crippen molar-refractivity contribution in [3.8, 4) is 34.0 Å². The van der Waals surface area contributed by atoms with E-state index in [0.29, 0.717) is 53.2 Å². The number of methoxy groups -OCH3 is 2. The molecule has 0 spiro atoms. The first kappa shape index (κ1) is 27.1. The zero-order valence-corrected chi connectivity index (χ0v) is 22.7. The van der Waals surface area contributed by atoms with Gasteiger partial charge in [-0.1, -0.05) is 6.07 Å². The second kappa shape index (κ2) is 11.1. The Balaban J connectivity index is 1.29. The molecule has 1 amide bonds. The van der Waals surface area contributed by atoms with Crippen LogP contribution in [-0.4, -0.2) is 82.4 Å². The number of fused-ring (bicyclic) bond motifs is 2. The highest BCUT2D eigenvalue weighted by Gasteiger charge is 2.53. The number of halogens is 2. The summed E-state index contributed by atoms with van der Waals surface area (Å²) in [5.74, 6) is 0.523. The first-order chi connectivity index (χ1) is 19.9. The largest absolute Gasteiger partial charge is 0.481 e. The third-order valence-electron chi connectivity index (χ3n) is 8.12. The lowest BCUT2D eigenvalue weighted by Gasteiger charge is -2.44. The molecule has 41 heavy (non-hydrogen) atoms. The quantitative estimate of drug-likeness (QED) is 0.284. The molecule has 0 radical (unpaired) electrons. The molecule has 12 heteroatoms. The van der Waals surface area contributed by atoms with Gasteiger partial charge in [-0.3, -0.25) is 9.88 Å². The van der Waals surface area contributed by atoms with Gasteiger partial charge in [-0.2, -0.15) is 9.37 Å². The first-order valence-corrected chi connectivity index (χ1v) is 13.6. The van der Waals surface area contributed by atoms with Crippen LogP contribution in [0, 0.1) is 5.95 Å². The summed E-state index contributed by atoms with van der Waals surface area (Å²) in [5.41, 5.74) is 2.44. The van der Waals surface area contributed by atoms with Gasteiger partial charge >= 0.3 is 6.09 Å². The average Bonchev–Trinajstić information content (AvgIpc) is 3.75. The van der Waals surface area contributed by atoms with E-state index in [9.17, 15) is 14.3 Å². The molecule has 3 fully saturated rings. The zero-order valence-electron chi connectivity index (χ0n) is 22.7. The summed E-state index contributed by atoms with van der Waals surface area (Å²) in [6, 6.07) is 7.22. The molecule has 216 valence electrons. The van der Waals surface area contributed by atoms with E-state index >= 15 is 4.39 Å². The first-order valence-electron chi connectivity index (χ1n) is 13.6. The molecule has 2 aliphatic heterocycles. The van der Waals surface area contributed by atoms with E-state index in [4.69, 9.17) is 19.2 Å². The molecule has 1 aromatic carbocycles. The van der Waals surface area contributed by atoms with Crippen LogP contribution in [0.1, 0.15) is 32.1 Å². The van der Waals surface area contributed by atoms with Crippen LogP contribution in [0.4, 0.5) is 19.4 Å². The molecule has 6 rings (SSSR count). The van der Waals surface area contributed by atoms with Crippen LogP contribution in [0.25, 0.3) is 22.4 Å². The Morgan fingerprint density at radius 1 is 1.10 bits per heavy atom. The molecule has 1 aliphatic carbocycles. The number of carboxylic acid groups (broad SMARTS) is 1. The Morgan fingerprint density at radius 3 is 2.61 bits per heavy atom. The second-order valence-corrected chi connectivity index (χ2v) is 10.6. The summed E-state index contributed by atoms with van der Waals surface area (Å²) < 4.78 is 45.9. The van der Waals surface area contributed by atoms with Crippen molar-refractivity contribution >= 4 is 11.9 Å². The van der Waals surface area contributed by atoms with E-state index < -0.39 is 30.3 Å². The molecule has 1 saturated carbocycles. The number of hydrogen-bond donors (Lipinski definition) is 1. The highest BCUT2D eigenvalue weighted by molar-refractivity contribution is 5.75. The molecule has 0 unspecified atom stereocenters. The Labute approximate surface area is 235 Å². The number of aromatic nitrogens is 3. The van der Waals surface area contributed by atoms with Crippen molar-refractivity contribution in [3.05, 3.63) is 48.7 Å². The van der Waals surface area contributed by atoms with Gasteiger partial charge in [-0.05, 0) is 55.4 Å². The number of alkyl halides is 1. The lowest BCUT2D eigenvalue weighted by Crippen LogP contribution is -2.60. The smallest absolute Gasteiger partial charge is 0.407 e. The van der Waals surface area contributed by atoms with Gasteiger partial charge in [0.1, 0.15) is 17.7 Å². The minimum Gasteiger partial charge on any atom is -0.481 e. The molecule has 10 nitrogen and oxygen atoms in total. The SMILES string of the molecule is COCOc1cc(-c2cc(F)nc(OC)c2)ccc1-c1cnc(N(C2CC2)[C@H]2C[C@@H]3CC[C@H]([C@H]2F)N3C(=O)O)cn1. The van der Waals surface area contributed by atoms with Gasteiger partial charge in [0.15, 0.2) is 6.79 Å². The average molecular weight is 568 g/mol. The van der Waals surface area contributed by atoms with Gasteiger partial charge in [0, 0.05) is 36.9 Å². The maximum Gasteiger partial charge on any atom is 0.407 e. The molecule has 2 bridgehead atoms. The monoisotopic (exact) mass is 567 g/mol. The summed E-state index contributed by atoms with van der Waals surface area (Å²) in [4.78, 5) is 28.1. The topological polar surface area (TPSA) is 110 Å². The van der Waals surface area contributed by atoms with Crippen molar-refractivity contribution in [2.24, 2.45) is 0 Å². The van der Waals surface area contributed by atoms with Gasteiger partial charge < -0.3 is 24.2 Å². The van der Waals surface area contributed by atoms with E-state index in [0.717, 1.165) is 12.8 Å². The number of pyridine rings is 1. The maximum atomic E-state index is 15.8. The van der Waals surface area contributed by atoms with Crippen LogP contribution < -0.4 is 14.4 Å². The number of carbonyl (C=O) groups is 1. The highest BCUT2D eigenvalue weighted by Crippen LogP contribution is 2.44. The minimum atomic E-state index is -1.30. The van der Waals surface area contributed by atoms with Crippen molar-refractivity contribution in [3.63, 3.8) is 0 Å². The summed E-state index contributed by atoms with van der Waals surface area (Å²) in [5, 5.41) is 9.61. The van der Waals surface area contributed by atoms with E-state index in [-0.39, 0.29) is 24.8 Å². The van der Waals surface area contributed by atoms with Crippen LogP contribution in [0.2, 0.25) is 0 Å². The number of amides is 1. The Hall–Kier alpha value is -4.06. The van der Waals surface area contributed by atoms with Gasteiger partial charge in [-0.15, -0.1) is 0 Å². The minimum absolute atomic E-state index is 0.0132. The number of benzene rings is 1. The predicted molar refractivity (Wildman–Crippen MR) is 145 cm³/mol. The van der Waals surface area contributed by atoms with Gasteiger partial charge in [0.25, 0.3) is 0 Å². The summed E-state index contributed by atoms with van der Waals surface area (Å²) in [6.07, 6.45) is 4.43. The molecular formula is C29H31F2N5O5. The predicted octanol–water partition coefficient (Wildman–Crippen LogP) is 4.93. The number of anilines is 1. The molecule has 4 atom stereocenters. The summed E-state index contributed by atoms with van der Waals surface area (Å²) in [7, 11) is 2.93. The Bertz CT molecular complexity index is 1420. The van der Waals surface area contributed by atoms with Crippen molar-refractivity contribution < 1.29 is 32.9 Å². The highest BCUT2D eigenvalue weighted by atomic mass is 19.1. The molecule has 1 N–H and O–H groups in total. The summed E-state index contributed by atoms with van der Waals surface area (Å²) in [6.45, 7) is -0.0132. The lowest BCUT2D eigenvalue weighted by atomic mass is 9.94. The number of hydrogen-bond acceptors (Lipinski definition) is 8. The fraction of sp³-hybridized carbons (Fsp3) is 0.448. The fourth-order valence-corrected chi connectivity index (χ4v) is 6.16. The molecule has 3 aliphatic rings. The van der Waals surface area contributed by atoms with Crippen molar-refractivity contribution in [2.45, 2.75) is 62.4 Å². The molecule has 2 saturated heterocycles. The van der Waals surface area contributed by atoms with Crippen LogP contribution in [0.5, 0.6) is 11.6 Å². The molecule has 2 aromatic heterocycles. The number of ether oxygens (including phenoxy) is 3. The van der Waals surface area contributed by atoms with Crippen LogP contribution in [0.15, 0.2) is 42.7 Å². The van der Waals surface area contributed by atoms with E-state index in [1.54, 1.807) is 24.5 Å². The third-order valence-corrected chi connectivity index (χ3v) is 8.12. The van der Waals surface area contributed by atoms with Crippen LogP contribution in [-0.2, 0) is 4.74 Å². The van der Waals surface area contributed by atoms with Crippen LogP contribution >= 0.6 is 0 Å². The molecule has 4 heterocycles. The van der Waals surface area contributed by atoms with Gasteiger partial charge in [0.2, 0.25) is 11.8 Å². The number of rotatable bonds is 9. The van der Waals surface area contributed by atoms with Crippen molar-refractivity contribution in [1.29, 1.82) is 0 Å². The Morgan fingerprint density at radius 2 is 1.93 bits per heavy atom. The second-order valence-electron chi connectivity index (χ2n) is 10.6.